The second-order valence-corrected chi connectivity index (χ2v) is 4.68. The zero-order valence-electron chi connectivity index (χ0n) is 8.26. The van der Waals surface area contributed by atoms with Crippen LogP contribution in [0.25, 0.3) is 0 Å². The van der Waals surface area contributed by atoms with Crippen LogP contribution in [0.15, 0.2) is 11.1 Å². The van der Waals surface area contributed by atoms with Crippen molar-refractivity contribution in [2.75, 3.05) is 0 Å². The summed E-state index contributed by atoms with van der Waals surface area (Å²) < 4.78 is 0. The highest BCUT2D eigenvalue weighted by Crippen LogP contribution is 2.21. The van der Waals surface area contributed by atoms with Crippen LogP contribution >= 0.6 is 11.8 Å². The lowest BCUT2D eigenvalue weighted by Gasteiger charge is -2.10. The van der Waals surface area contributed by atoms with Gasteiger partial charge in [0.05, 0.1) is 11.8 Å². The zero-order chi connectivity index (χ0) is 9.84. The Morgan fingerprint density at radius 3 is 2.92 bits per heavy atom. The molecule has 0 aromatic rings. The molecule has 4 heteroatoms. The van der Waals surface area contributed by atoms with E-state index in [9.17, 15) is 4.79 Å². The van der Waals surface area contributed by atoms with E-state index in [1.807, 2.05) is 19.3 Å². The summed E-state index contributed by atoms with van der Waals surface area (Å²) in [6, 6.07) is 0.222. The van der Waals surface area contributed by atoms with Gasteiger partial charge >= 0.3 is 0 Å². The molecule has 0 spiro atoms. The third-order valence-electron chi connectivity index (χ3n) is 1.60. The van der Waals surface area contributed by atoms with E-state index in [4.69, 9.17) is 0 Å². The standard InChI is InChI=1S/C9H16N2OS/c1-6(2)10-9(12)4-8-5-13-7(3)11-8/h5-7,11H,4H2,1-3H3,(H,10,12). The van der Waals surface area contributed by atoms with E-state index in [1.54, 1.807) is 11.8 Å². The van der Waals surface area contributed by atoms with Crippen molar-refractivity contribution >= 4 is 17.7 Å². The van der Waals surface area contributed by atoms with Gasteiger partial charge in [0.2, 0.25) is 5.91 Å². The molecule has 1 aliphatic rings. The lowest BCUT2D eigenvalue weighted by atomic mass is 10.3. The Hall–Kier alpha value is -0.640. The SMILES string of the molecule is CC(C)NC(=O)CC1=CSC(C)N1. The molecule has 1 amide bonds. The monoisotopic (exact) mass is 200 g/mol. The van der Waals surface area contributed by atoms with Gasteiger partial charge in [-0.3, -0.25) is 4.79 Å². The highest BCUT2D eigenvalue weighted by Gasteiger charge is 2.14. The average molecular weight is 200 g/mol. The molecule has 3 nitrogen and oxygen atoms in total. The molecule has 0 saturated heterocycles. The van der Waals surface area contributed by atoms with Crippen LogP contribution in [0.4, 0.5) is 0 Å². The Kier molecular flexibility index (Phi) is 3.66. The summed E-state index contributed by atoms with van der Waals surface area (Å²) in [5.41, 5.74) is 1.02. The van der Waals surface area contributed by atoms with Crippen molar-refractivity contribution in [3.05, 3.63) is 11.1 Å². The van der Waals surface area contributed by atoms with Crippen LogP contribution in [0.3, 0.4) is 0 Å². The van der Waals surface area contributed by atoms with Crippen molar-refractivity contribution in [2.45, 2.75) is 38.6 Å². The van der Waals surface area contributed by atoms with Crippen molar-refractivity contribution < 1.29 is 4.79 Å². The molecular formula is C9H16N2OS. The number of thioether (sulfide) groups is 1. The van der Waals surface area contributed by atoms with Gasteiger partial charge in [-0.2, -0.15) is 0 Å². The van der Waals surface area contributed by atoms with Gasteiger partial charge in [0.15, 0.2) is 0 Å². The molecule has 1 aliphatic heterocycles. The number of carbonyl (C=O) groups is 1. The number of amides is 1. The fourth-order valence-electron chi connectivity index (χ4n) is 1.15. The molecule has 0 radical (unpaired) electrons. The van der Waals surface area contributed by atoms with Gasteiger partial charge < -0.3 is 10.6 Å². The first-order chi connectivity index (χ1) is 6.08. The van der Waals surface area contributed by atoms with Crippen molar-refractivity contribution in [1.29, 1.82) is 0 Å². The molecule has 1 unspecified atom stereocenters. The van der Waals surface area contributed by atoms with Crippen LogP contribution in [0.5, 0.6) is 0 Å². The Morgan fingerprint density at radius 2 is 2.46 bits per heavy atom. The second-order valence-electron chi connectivity index (χ2n) is 3.46. The van der Waals surface area contributed by atoms with E-state index >= 15 is 0 Å². The van der Waals surface area contributed by atoms with Crippen LogP contribution in [0, 0.1) is 0 Å². The van der Waals surface area contributed by atoms with Crippen LogP contribution in [-0.4, -0.2) is 17.3 Å². The summed E-state index contributed by atoms with van der Waals surface area (Å²) in [6.07, 6.45) is 0.468. The maximum atomic E-state index is 11.3. The first-order valence-electron chi connectivity index (χ1n) is 4.48. The molecule has 1 atom stereocenters. The maximum Gasteiger partial charge on any atom is 0.226 e. The smallest absolute Gasteiger partial charge is 0.226 e. The molecule has 0 aliphatic carbocycles. The molecule has 2 N–H and O–H groups in total. The number of carbonyl (C=O) groups excluding carboxylic acids is 1. The lowest BCUT2D eigenvalue weighted by Crippen LogP contribution is -2.31. The maximum absolute atomic E-state index is 11.3. The Balaban J connectivity index is 2.29. The summed E-state index contributed by atoms with van der Waals surface area (Å²) in [7, 11) is 0. The van der Waals surface area contributed by atoms with Crippen LogP contribution in [0.1, 0.15) is 27.2 Å². The molecule has 74 valence electrons. The molecule has 1 heterocycles. The van der Waals surface area contributed by atoms with E-state index in [-0.39, 0.29) is 11.9 Å². The predicted molar refractivity (Wildman–Crippen MR) is 56.2 cm³/mol. The predicted octanol–water partition coefficient (Wildman–Crippen LogP) is 1.42. The van der Waals surface area contributed by atoms with Gasteiger partial charge in [0.25, 0.3) is 0 Å². The average Bonchev–Trinajstić information content (AvgIpc) is 2.33. The molecule has 0 fully saturated rings. The van der Waals surface area contributed by atoms with E-state index in [0.717, 1.165) is 5.70 Å². The minimum absolute atomic E-state index is 0.0865. The summed E-state index contributed by atoms with van der Waals surface area (Å²) in [5, 5.41) is 8.50. The molecule has 1 rings (SSSR count). The Labute approximate surface area is 83.3 Å². The fourth-order valence-corrected chi connectivity index (χ4v) is 1.89. The van der Waals surface area contributed by atoms with E-state index in [0.29, 0.717) is 11.8 Å². The Bertz CT molecular complexity index is 226. The topological polar surface area (TPSA) is 41.1 Å². The summed E-state index contributed by atoms with van der Waals surface area (Å²) in [4.78, 5) is 11.3. The number of rotatable bonds is 3. The number of nitrogens with one attached hydrogen (secondary N) is 2. The lowest BCUT2D eigenvalue weighted by molar-refractivity contribution is -0.120. The quantitative estimate of drug-likeness (QED) is 0.724. The van der Waals surface area contributed by atoms with Crippen molar-refractivity contribution in [2.24, 2.45) is 0 Å². The van der Waals surface area contributed by atoms with Gasteiger partial charge in [-0.15, -0.1) is 11.8 Å². The van der Waals surface area contributed by atoms with Gasteiger partial charge in [0.1, 0.15) is 0 Å². The van der Waals surface area contributed by atoms with Crippen molar-refractivity contribution in [1.82, 2.24) is 10.6 Å². The summed E-state index contributed by atoms with van der Waals surface area (Å²) in [6.45, 7) is 6.01. The summed E-state index contributed by atoms with van der Waals surface area (Å²) >= 11 is 1.71. The Morgan fingerprint density at radius 1 is 1.77 bits per heavy atom. The van der Waals surface area contributed by atoms with Crippen LogP contribution in [0.2, 0.25) is 0 Å². The van der Waals surface area contributed by atoms with Crippen molar-refractivity contribution in [3.8, 4) is 0 Å². The van der Waals surface area contributed by atoms with Crippen LogP contribution in [-0.2, 0) is 4.79 Å². The third kappa shape index (κ3) is 3.72. The number of hydrogen-bond donors (Lipinski definition) is 2. The molecule has 0 bridgehead atoms. The minimum atomic E-state index is 0.0865. The molecule has 0 saturated carbocycles. The van der Waals surface area contributed by atoms with Gasteiger partial charge in [0, 0.05) is 11.7 Å². The molecule has 0 aromatic heterocycles. The zero-order valence-corrected chi connectivity index (χ0v) is 9.07. The fraction of sp³-hybridized carbons (Fsp3) is 0.667. The van der Waals surface area contributed by atoms with Crippen LogP contribution < -0.4 is 10.6 Å². The van der Waals surface area contributed by atoms with E-state index in [1.165, 1.54) is 0 Å². The van der Waals surface area contributed by atoms with Gasteiger partial charge in [-0.05, 0) is 26.2 Å². The molecule has 13 heavy (non-hydrogen) atoms. The largest absolute Gasteiger partial charge is 0.376 e. The third-order valence-corrected chi connectivity index (χ3v) is 2.55. The van der Waals surface area contributed by atoms with Gasteiger partial charge in [-0.1, -0.05) is 0 Å². The highest BCUT2D eigenvalue weighted by atomic mass is 32.2. The normalized spacial score (nSPS) is 21.2. The number of hydrogen-bond acceptors (Lipinski definition) is 3. The second kappa shape index (κ2) is 4.56. The van der Waals surface area contributed by atoms with E-state index < -0.39 is 0 Å². The minimum Gasteiger partial charge on any atom is -0.376 e. The molecular weight excluding hydrogens is 184 g/mol. The highest BCUT2D eigenvalue weighted by molar-refractivity contribution is 8.02. The molecule has 0 aromatic carbocycles. The first kappa shape index (κ1) is 10.4. The van der Waals surface area contributed by atoms with Crippen molar-refractivity contribution in [3.63, 3.8) is 0 Å². The van der Waals surface area contributed by atoms with Gasteiger partial charge in [-0.25, -0.2) is 0 Å². The first-order valence-corrected chi connectivity index (χ1v) is 5.42. The van der Waals surface area contributed by atoms with E-state index in [2.05, 4.69) is 17.6 Å². The summed E-state index contributed by atoms with van der Waals surface area (Å²) in [5.74, 6) is 0.0865.